The van der Waals surface area contributed by atoms with E-state index in [4.69, 9.17) is 15.6 Å². The van der Waals surface area contributed by atoms with E-state index >= 15 is 0 Å². The molecule has 1 amide bonds. The molecule has 0 aliphatic carbocycles. The zero-order valence-electron chi connectivity index (χ0n) is 7.30. The summed E-state index contributed by atoms with van der Waals surface area (Å²) in [7, 11) is 0. The monoisotopic (exact) mass is 217 g/mol. The SMILES string of the molecule is CCOCC(N)=O.O=C(O)C(F)(F)F. The molecular weight excluding hydrogens is 207 g/mol. The van der Waals surface area contributed by atoms with Gasteiger partial charge >= 0.3 is 12.1 Å². The maximum Gasteiger partial charge on any atom is 0.490 e. The maximum atomic E-state index is 10.6. The molecule has 0 heterocycles. The molecule has 0 fully saturated rings. The number of amides is 1. The van der Waals surface area contributed by atoms with Gasteiger partial charge in [0.15, 0.2) is 0 Å². The average Bonchev–Trinajstić information content (AvgIpc) is 2.00. The van der Waals surface area contributed by atoms with Crippen molar-refractivity contribution in [2.75, 3.05) is 13.2 Å². The van der Waals surface area contributed by atoms with Crippen molar-refractivity contribution in [3.8, 4) is 0 Å². The summed E-state index contributed by atoms with van der Waals surface area (Å²) in [6.07, 6.45) is -5.08. The summed E-state index contributed by atoms with van der Waals surface area (Å²) in [5.41, 5.74) is 4.71. The molecule has 84 valence electrons. The number of nitrogens with two attached hydrogens (primary N) is 1. The highest BCUT2D eigenvalue weighted by Gasteiger charge is 2.38. The first-order chi connectivity index (χ1) is 6.21. The highest BCUT2D eigenvalue weighted by atomic mass is 19.4. The molecular formula is C6H10F3NO4. The van der Waals surface area contributed by atoms with E-state index in [0.717, 1.165) is 0 Å². The van der Waals surface area contributed by atoms with E-state index in [2.05, 4.69) is 4.74 Å². The Hall–Kier alpha value is -1.31. The minimum absolute atomic E-state index is 0.0382. The summed E-state index contributed by atoms with van der Waals surface area (Å²) in [5.74, 6) is -3.17. The van der Waals surface area contributed by atoms with E-state index in [9.17, 15) is 18.0 Å². The third kappa shape index (κ3) is 13.3. The zero-order chi connectivity index (χ0) is 11.8. The van der Waals surface area contributed by atoms with Crippen molar-refractivity contribution < 1.29 is 32.6 Å². The molecule has 0 spiro atoms. The van der Waals surface area contributed by atoms with Gasteiger partial charge in [-0.05, 0) is 6.92 Å². The van der Waals surface area contributed by atoms with E-state index in [1.807, 2.05) is 6.92 Å². The third-order valence-corrected chi connectivity index (χ3v) is 0.691. The molecule has 0 aromatic rings. The van der Waals surface area contributed by atoms with Crippen molar-refractivity contribution in [2.24, 2.45) is 5.73 Å². The van der Waals surface area contributed by atoms with Crippen LogP contribution in [0.25, 0.3) is 0 Å². The quantitative estimate of drug-likeness (QED) is 0.703. The van der Waals surface area contributed by atoms with Crippen molar-refractivity contribution in [2.45, 2.75) is 13.1 Å². The number of carboxylic acid groups (broad SMARTS) is 1. The molecule has 8 heteroatoms. The number of carbonyl (C=O) groups is 2. The van der Waals surface area contributed by atoms with Gasteiger partial charge in [-0.25, -0.2) is 4.79 Å². The second kappa shape index (κ2) is 7.13. The van der Waals surface area contributed by atoms with Crippen LogP contribution < -0.4 is 5.73 Å². The summed E-state index contributed by atoms with van der Waals surface area (Å²) >= 11 is 0. The average molecular weight is 217 g/mol. The van der Waals surface area contributed by atoms with Crippen LogP contribution in [0.15, 0.2) is 0 Å². The Labute approximate surface area is 77.6 Å². The number of carbonyl (C=O) groups excluding carboxylic acids is 1. The Morgan fingerprint density at radius 3 is 1.86 bits per heavy atom. The lowest BCUT2D eigenvalue weighted by molar-refractivity contribution is -0.192. The van der Waals surface area contributed by atoms with Gasteiger partial charge in [-0.1, -0.05) is 0 Å². The number of primary amides is 1. The number of hydrogen-bond acceptors (Lipinski definition) is 3. The Kier molecular flexibility index (Phi) is 7.73. The highest BCUT2D eigenvalue weighted by molar-refractivity contribution is 5.75. The van der Waals surface area contributed by atoms with Crippen molar-refractivity contribution in [1.29, 1.82) is 0 Å². The topological polar surface area (TPSA) is 89.6 Å². The van der Waals surface area contributed by atoms with Crippen LogP contribution in [-0.4, -0.2) is 36.4 Å². The van der Waals surface area contributed by atoms with Gasteiger partial charge in [-0.3, -0.25) is 4.79 Å². The molecule has 0 aromatic carbocycles. The van der Waals surface area contributed by atoms with E-state index in [1.54, 1.807) is 0 Å². The van der Waals surface area contributed by atoms with Crippen LogP contribution in [0.1, 0.15) is 6.92 Å². The Bertz CT molecular complexity index is 192. The standard InChI is InChI=1S/C4H9NO2.C2HF3O2/c1-2-7-3-4(5)6;3-2(4,5)1(6)7/h2-3H2,1H3,(H2,5,6);(H,6,7). The third-order valence-electron chi connectivity index (χ3n) is 0.691. The summed E-state index contributed by atoms with van der Waals surface area (Å²) in [5, 5.41) is 7.12. The molecule has 3 N–H and O–H groups in total. The van der Waals surface area contributed by atoms with E-state index in [-0.39, 0.29) is 6.61 Å². The molecule has 0 bridgehead atoms. The largest absolute Gasteiger partial charge is 0.490 e. The van der Waals surface area contributed by atoms with Crippen LogP contribution in [0.3, 0.4) is 0 Å². The fraction of sp³-hybridized carbons (Fsp3) is 0.667. The fourth-order valence-electron chi connectivity index (χ4n) is 0.203. The maximum absolute atomic E-state index is 10.6. The molecule has 0 saturated heterocycles. The second-order valence-electron chi connectivity index (χ2n) is 1.91. The number of carboxylic acids is 1. The normalized spacial score (nSPS) is 10.0. The lowest BCUT2D eigenvalue weighted by atomic mass is 10.7. The van der Waals surface area contributed by atoms with Crippen LogP contribution in [0, 0.1) is 0 Å². The Morgan fingerprint density at radius 1 is 1.43 bits per heavy atom. The van der Waals surface area contributed by atoms with E-state index < -0.39 is 18.1 Å². The van der Waals surface area contributed by atoms with Crippen molar-refractivity contribution in [3.05, 3.63) is 0 Å². The van der Waals surface area contributed by atoms with Crippen molar-refractivity contribution >= 4 is 11.9 Å². The molecule has 0 rings (SSSR count). The molecule has 0 aliphatic heterocycles. The van der Waals surface area contributed by atoms with E-state index in [0.29, 0.717) is 6.61 Å². The minimum atomic E-state index is -5.08. The molecule has 0 aliphatic rings. The zero-order valence-corrected chi connectivity index (χ0v) is 7.30. The van der Waals surface area contributed by atoms with Gasteiger partial charge < -0.3 is 15.6 Å². The van der Waals surface area contributed by atoms with Gasteiger partial charge in [0.1, 0.15) is 6.61 Å². The number of alkyl halides is 3. The minimum Gasteiger partial charge on any atom is -0.475 e. The predicted octanol–water partition coefficient (Wildman–Crippen LogP) is 0.142. The summed E-state index contributed by atoms with van der Waals surface area (Å²) in [4.78, 5) is 18.8. The van der Waals surface area contributed by atoms with Gasteiger partial charge in [0.25, 0.3) is 0 Å². The molecule has 0 unspecified atom stereocenters. The van der Waals surface area contributed by atoms with Crippen LogP contribution in [0.4, 0.5) is 13.2 Å². The van der Waals surface area contributed by atoms with Gasteiger partial charge in [-0.15, -0.1) is 0 Å². The number of hydrogen-bond donors (Lipinski definition) is 2. The number of halogens is 3. The van der Waals surface area contributed by atoms with Crippen LogP contribution in [0.2, 0.25) is 0 Å². The van der Waals surface area contributed by atoms with E-state index in [1.165, 1.54) is 0 Å². The van der Waals surface area contributed by atoms with Gasteiger partial charge in [0, 0.05) is 6.61 Å². The summed E-state index contributed by atoms with van der Waals surface area (Å²) < 4.78 is 36.4. The number of rotatable bonds is 3. The molecule has 5 nitrogen and oxygen atoms in total. The molecule has 0 aromatic heterocycles. The highest BCUT2D eigenvalue weighted by Crippen LogP contribution is 2.13. The van der Waals surface area contributed by atoms with Crippen LogP contribution in [-0.2, 0) is 14.3 Å². The number of aliphatic carboxylic acids is 1. The predicted molar refractivity (Wildman–Crippen MR) is 39.4 cm³/mol. The van der Waals surface area contributed by atoms with Crippen molar-refractivity contribution in [1.82, 2.24) is 0 Å². The van der Waals surface area contributed by atoms with Gasteiger partial charge in [0.05, 0.1) is 0 Å². The number of ether oxygens (including phenoxy) is 1. The summed E-state index contributed by atoms with van der Waals surface area (Å²) in [6.45, 7) is 2.39. The fourth-order valence-corrected chi connectivity index (χ4v) is 0.203. The van der Waals surface area contributed by atoms with Crippen LogP contribution in [0.5, 0.6) is 0 Å². The first-order valence-corrected chi connectivity index (χ1v) is 3.38. The first-order valence-electron chi connectivity index (χ1n) is 3.38. The Balaban J connectivity index is 0. The lowest BCUT2D eigenvalue weighted by Gasteiger charge is -1.93. The molecule has 0 saturated carbocycles. The van der Waals surface area contributed by atoms with Gasteiger partial charge in [0.2, 0.25) is 5.91 Å². The summed E-state index contributed by atoms with van der Waals surface area (Å²) in [6, 6.07) is 0. The molecule has 0 radical (unpaired) electrons. The molecule has 0 atom stereocenters. The van der Waals surface area contributed by atoms with Gasteiger partial charge in [-0.2, -0.15) is 13.2 Å². The Morgan fingerprint density at radius 2 is 1.79 bits per heavy atom. The van der Waals surface area contributed by atoms with Crippen LogP contribution >= 0.6 is 0 Å². The second-order valence-corrected chi connectivity index (χ2v) is 1.91. The molecule has 14 heavy (non-hydrogen) atoms. The smallest absolute Gasteiger partial charge is 0.475 e. The first kappa shape index (κ1) is 15.2. The lowest BCUT2D eigenvalue weighted by Crippen LogP contribution is -2.21. The van der Waals surface area contributed by atoms with Crippen molar-refractivity contribution in [3.63, 3.8) is 0 Å².